The first kappa shape index (κ1) is 17.5. The summed E-state index contributed by atoms with van der Waals surface area (Å²) in [7, 11) is 0. The summed E-state index contributed by atoms with van der Waals surface area (Å²) < 4.78 is 40.0. The molecule has 3 rings (SSSR count). The number of hydrogen-bond acceptors (Lipinski definition) is 5. The Morgan fingerprint density at radius 2 is 1.84 bits per heavy atom. The topological polar surface area (TPSA) is 61.4 Å². The third-order valence-electron chi connectivity index (χ3n) is 3.39. The van der Waals surface area contributed by atoms with Gasteiger partial charge < -0.3 is 0 Å². The summed E-state index contributed by atoms with van der Waals surface area (Å²) >= 11 is 1.16. The summed E-state index contributed by atoms with van der Waals surface area (Å²) in [5.41, 5.74) is 3.86. The molecule has 0 atom stereocenters. The monoisotopic (exact) mass is 368 g/mol. The Labute approximate surface area is 146 Å². The van der Waals surface area contributed by atoms with Gasteiger partial charge in [-0.05, 0) is 48.0 Å². The van der Waals surface area contributed by atoms with Crippen LogP contribution in [0.1, 0.15) is 17.0 Å². The van der Waals surface area contributed by atoms with Gasteiger partial charge >= 0.3 is 6.18 Å². The van der Waals surface area contributed by atoms with Gasteiger partial charge in [0.05, 0.1) is 11.4 Å². The molecule has 0 saturated heterocycles. The van der Waals surface area contributed by atoms with Gasteiger partial charge in [0.25, 0.3) is 0 Å². The van der Waals surface area contributed by atoms with Crippen molar-refractivity contribution < 1.29 is 13.2 Å². The molecule has 2 aromatic heterocycles. The van der Waals surface area contributed by atoms with Crippen LogP contribution in [0.15, 0.2) is 35.5 Å². The number of aromatic nitrogens is 6. The molecule has 10 heteroatoms. The number of hydrogen-bond donors (Lipinski definition) is 0. The van der Waals surface area contributed by atoms with Gasteiger partial charge in [-0.1, -0.05) is 23.9 Å². The highest BCUT2D eigenvalue weighted by Crippen LogP contribution is 2.24. The molecule has 2 heterocycles. The van der Waals surface area contributed by atoms with E-state index in [9.17, 15) is 13.2 Å². The van der Waals surface area contributed by atoms with E-state index in [1.807, 2.05) is 48.9 Å². The Kier molecular flexibility index (Phi) is 4.80. The minimum atomic E-state index is -4.36. The number of aryl methyl sites for hydroxylation is 2. The number of nitrogens with zero attached hydrogens (tertiary/aromatic N) is 6. The van der Waals surface area contributed by atoms with E-state index < -0.39 is 12.7 Å². The van der Waals surface area contributed by atoms with Crippen molar-refractivity contribution in [2.75, 3.05) is 0 Å². The molecule has 0 fully saturated rings. The molecule has 0 bridgehead atoms. The zero-order valence-corrected chi connectivity index (χ0v) is 14.3. The molecule has 0 aliphatic heterocycles. The van der Waals surface area contributed by atoms with Crippen LogP contribution in [0.5, 0.6) is 0 Å². The normalized spacial score (nSPS) is 11.9. The highest BCUT2D eigenvalue weighted by molar-refractivity contribution is 7.98. The molecule has 3 aromatic rings. The number of tetrazole rings is 1. The lowest BCUT2D eigenvalue weighted by molar-refractivity contribution is -0.144. The molecular weight excluding hydrogens is 353 g/mol. The average molecular weight is 368 g/mol. The number of alkyl halides is 3. The van der Waals surface area contributed by atoms with Crippen LogP contribution in [-0.2, 0) is 12.3 Å². The third kappa shape index (κ3) is 4.38. The van der Waals surface area contributed by atoms with E-state index in [1.54, 1.807) is 0 Å². The molecule has 0 radical (unpaired) electrons. The first-order valence-corrected chi connectivity index (χ1v) is 8.39. The Bertz CT molecular complexity index is 853. The molecule has 25 heavy (non-hydrogen) atoms. The van der Waals surface area contributed by atoms with E-state index in [0.717, 1.165) is 39.1 Å². The average Bonchev–Trinajstić information content (AvgIpc) is 3.10. The van der Waals surface area contributed by atoms with E-state index in [-0.39, 0.29) is 5.16 Å². The predicted octanol–water partition coefficient (Wildman–Crippen LogP) is 3.33. The van der Waals surface area contributed by atoms with Crippen LogP contribution in [0.25, 0.3) is 5.69 Å². The van der Waals surface area contributed by atoms with Gasteiger partial charge in [-0.15, -0.1) is 5.10 Å². The van der Waals surface area contributed by atoms with E-state index in [0.29, 0.717) is 5.75 Å². The van der Waals surface area contributed by atoms with Gasteiger partial charge in [-0.25, -0.2) is 9.36 Å². The van der Waals surface area contributed by atoms with Crippen molar-refractivity contribution >= 4 is 11.8 Å². The lowest BCUT2D eigenvalue weighted by Crippen LogP contribution is -2.19. The van der Waals surface area contributed by atoms with Gasteiger partial charge in [-0.3, -0.25) is 0 Å². The van der Waals surface area contributed by atoms with Crippen LogP contribution in [0.2, 0.25) is 0 Å². The van der Waals surface area contributed by atoms with Crippen molar-refractivity contribution in [3.63, 3.8) is 0 Å². The fourth-order valence-corrected chi connectivity index (χ4v) is 3.17. The quantitative estimate of drug-likeness (QED) is 0.647. The lowest BCUT2D eigenvalue weighted by Gasteiger charge is -2.08. The summed E-state index contributed by atoms with van der Waals surface area (Å²) in [4.78, 5) is 0. The maximum Gasteiger partial charge on any atom is 0.408 e. The zero-order chi connectivity index (χ0) is 18.0. The highest BCUT2D eigenvalue weighted by Gasteiger charge is 2.30. The van der Waals surface area contributed by atoms with E-state index in [4.69, 9.17) is 0 Å². The smallest absolute Gasteiger partial charge is 0.238 e. The molecule has 6 nitrogen and oxygen atoms in total. The van der Waals surface area contributed by atoms with Crippen LogP contribution >= 0.6 is 11.8 Å². The minimum absolute atomic E-state index is 0.139. The molecule has 0 saturated carbocycles. The third-order valence-corrected chi connectivity index (χ3v) is 4.41. The van der Waals surface area contributed by atoms with Gasteiger partial charge in [0.1, 0.15) is 6.54 Å². The molecule has 132 valence electrons. The maximum atomic E-state index is 12.5. The van der Waals surface area contributed by atoms with Gasteiger partial charge in [0, 0.05) is 11.4 Å². The number of halogens is 3. The van der Waals surface area contributed by atoms with Crippen molar-refractivity contribution in [2.24, 2.45) is 0 Å². The van der Waals surface area contributed by atoms with E-state index in [2.05, 4.69) is 20.6 Å². The summed E-state index contributed by atoms with van der Waals surface area (Å²) in [6, 6.07) is 9.67. The summed E-state index contributed by atoms with van der Waals surface area (Å²) in [5, 5.41) is 14.9. The fraction of sp³-hybridized carbons (Fsp3) is 0.333. The molecule has 0 spiro atoms. The van der Waals surface area contributed by atoms with Crippen molar-refractivity contribution in [3.05, 3.63) is 47.3 Å². The van der Waals surface area contributed by atoms with Crippen LogP contribution in [0.3, 0.4) is 0 Å². The van der Waals surface area contributed by atoms with Crippen LogP contribution < -0.4 is 0 Å². The zero-order valence-electron chi connectivity index (χ0n) is 13.5. The van der Waals surface area contributed by atoms with Crippen molar-refractivity contribution in [1.29, 1.82) is 0 Å². The van der Waals surface area contributed by atoms with Crippen molar-refractivity contribution in [2.45, 2.75) is 37.5 Å². The lowest BCUT2D eigenvalue weighted by atomic mass is 10.2. The molecule has 0 unspecified atom stereocenters. The van der Waals surface area contributed by atoms with Gasteiger partial charge in [0.2, 0.25) is 5.16 Å². The minimum Gasteiger partial charge on any atom is -0.238 e. The summed E-state index contributed by atoms with van der Waals surface area (Å²) in [5.74, 6) is 0.468. The molecule has 0 aliphatic carbocycles. The molecule has 0 aliphatic rings. The summed E-state index contributed by atoms with van der Waals surface area (Å²) in [6.07, 6.45) is -4.36. The number of thioether (sulfide) groups is 1. The van der Waals surface area contributed by atoms with Gasteiger partial charge in [0.15, 0.2) is 0 Å². The second-order valence-electron chi connectivity index (χ2n) is 5.53. The van der Waals surface area contributed by atoms with Gasteiger partial charge in [-0.2, -0.15) is 18.3 Å². The van der Waals surface area contributed by atoms with Crippen LogP contribution in [0.4, 0.5) is 13.2 Å². The summed E-state index contributed by atoms with van der Waals surface area (Å²) in [6.45, 7) is 2.71. The Balaban J connectivity index is 1.67. The Hall–Kier alpha value is -2.36. The molecular formula is C15H15F3N6S. The largest absolute Gasteiger partial charge is 0.408 e. The molecule has 1 aromatic carbocycles. The number of benzene rings is 1. The molecule has 0 N–H and O–H groups in total. The fourth-order valence-electron chi connectivity index (χ4n) is 2.34. The van der Waals surface area contributed by atoms with Crippen molar-refractivity contribution in [3.8, 4) is 5.69 Å². The first-order valence-electron chi connectivity index (χ1n) is 7.40. The van der Waals surface area contributed by atoms with Crippen LogP contribution in [-0.4, -0.2) is 36.2 Å². The van der Waals surface area contributed by atoms with E-state index in [1.165, 1.54) is 0 Å². The van der Waals surface area contributed by atoms with Crippen LogP contribution in [0, 0.1) is 13.8 Å². The SMILES string of the molecule is Cc1cc(C)n(-c2ccc(CSc3nnnn3CC(F)(F)F)cc2)n1. The second-order valence-corrected chi connectivity index (χ2v) is 6.47. The first-order chi connectivity index (χ1) is 11.8. The van der Waals surface area contributed by atoms with E-state index >= 15 is 0 Å². The molecule has 0 amide bonds. The Morgan fingerprint density at radius 1 is 1.12 bits per heavy atom. The highest BCUT2D eigenvalue weighted by atomic mass is 32.2. The Morgan fingerprint density at radius 3 is 2.44 bits per heavy atom. The predicted molar refractivity (Wildman–Crippen MR) is 86.5 cm³/mol. The maximum absolute atomic E-state index is 12.5. The number of rotatable bonds is 5. The second kappa shape index (κ2) is 6.87. The van der Waals surface area contributed by atoms with Crippen molar-refractivity contribution in [1.82, 2.24) is 30.0 Å². The standard InChI is InChI=1S/C15H15F3N6S/c1-10-7-11(2)24(20-10)13-5-3-12(4-6-13)8-25-14-19-21-22-23(14)9-15(16,17)18/h3-7H,8-9H2,1-2H3.